The summed E-state index contributed by atoms with van der Waals surface area (Å²) in [5.74, 6) is -0.951. The highest BCUT2D eigenvalue weighted by molar-refractivity contribution is 5.71. The number of allylic oxidation sites excluding steroid dienone is 22. The number of hydrogen-bond acceptors (Lipinski definition) is 6. The maximum atomic E-state index is 12.9. The van der Waals surface area contributed by atoms with Crippen molar-refractivity contribution in [2.24, 2.45) is 0 Å². The molecule has 0 aliphatic heterocycles. The van der Waals surface area contributed by atoms with Gasteiger partial charge in [-0.2, -0.15) is 0 Å². The van der Waals surface area contributed by atoms with Gasteiger partial charge < -0.3 is 14.2 Å². The lowest BCUT2D eigenvalue weighted by molar-refractivity contribution is -0.167. The first kappa shape index (κ1) is 69.5. The van der Waals surface area contributed by atoms with Crippen LogP contribution in [0.5, 0.6) is 0 Å². The lowest BCUT2D eigenvalue weighted by Crippen LogP contribution is -2.30. The summed E-state index contributed by atoms with van der Waals surface area (Å²) in [6.07, 6.45) is 85.8. The lowest BCUT2D eigenvalue weighted by atomic mass is 10.1. The Hall–Kier alpha value is -4.45. The molecule has 1 atom stereocenters. The van der Waals surface area contributed by atoms with Gasteiger partial charge in [0.15, 0.2) is 6.10 Å². The molecule has 0 saturated carbocycles. The predicted molar refractivity (Wildman–Crippen MR) is 320 cm³/mol. The van der Waals surface area contributed by atoms with Crippen molar-refractivity contribution in [2.45, 2.75) is 264 Å². The number of ether oxygens (including phenoxy) is 3. The zero-order valence-electron chi connectivity index (χ0n) is 47.8. The fraction of sp³-hybridized carbons (Fsp3) is 0.632. The zero-order valence-corrected chi connectivity index (χ0v) is 47.8. The molecule has 0 heterocycles. The largest absolute Gasteiger partial charge is 0.462 e. The summed E-state index contributed by atoms with van der Waals surface area (Å²) in [5.41, 5.74) is 0. The van der Waals surface area contributed by atoms with Crippen molar-refractivity contribution >= 4 is 17.9 Å². The second kappa shape index (κ2) is 61.1. The first-order chi connectivity index (χ1) is 36.5. The molecule has 1 unspecified atom stereocenters. The first-order valence-corrected chi connectivity index (χ1v) is 30.2. The highest BCUT2D eigenvalue weighted by atomic mass is 16.6. The number of carbonyl (C=O) groups excluding carboxylic acids is 3. The van der Waals surface area contributed by atoms with Gasteiger partial charge in [-0.05, 0) is 135 Å². The molecule has 0 aromatic rings. The molecular weight excluding hydrogens is 913 g/mol. The maximum Gasteiger partial charge on any atom is 0.306 e. The van der Waals surface area contributed by atoms with Crippen LogP contribution < -0.4 is 0 Å². The van der Waals surface area contributed by atoms with E-state index in [1.807, 2.05) is 0 Å². The summed E-state index contributed by atoms with van der Waals surface area (Å²) in [5, 5.41) is 0. The van der Waals surface area contributed by atoms with Crippen molar-refractivity contribution in [3.05, 3.63) is 134 Å². The summed E-state index contributed by atoms with van der Waals surface area (Å²) < 4.78 is 16.9. The van der Waals surface area contributed by atoms with Crippen LogP contribution in [0, 0.1) is 0 Å². The number of carbonyl (C=O) groups is 3. The SMILES string of the molecule is CC/C=C\C/C=C\C/C=C\C/C=C\C/C=C\C/C=C\CCCCCCC(=O)OCC(COC(=O)CCCCCCC/C=C\C/C=C\CCCCCC)OC(=O)CCCCCCCCC/C=C\C/C=C\C/C=C\CC. The Morgan fingerprint density at radius 1 is 0.284 bits per heavy atom. The van der Waals surface area contributed by atoms with Gasteiger partial charge in [-0.3, -0.25) is 14.4 Å². The van der Waals surface area contributed by atoms with Gasteiger partial charge in [0.05, 0.1) is 0 Å². The second-order valence-corrected chi connectivity index (χ2v) is 19.5. The summed E-state index contributed by atoms with van der Waals surface area (Å²) in [6.45, 7) is 6.36. The van der Waals surface area contributed by atoms with Crippen LogP contribution in [-0.2, 0) is 28.6 Å². The Morgan fingerprint density at radius 2 is 0.527 bits per heavy atom. The highest BCUT2D eigenvalue weighted by Crippen LogP contribution is 2.14. The van der Waals surface area contributed by atoms with Crippen LogP contribution in [0.1, 0.15) is 258 Å². The van der Waals surface area contributed by atoms with Gasteiger partial charge in [0.2, 0.25) is 0 Å². The molecule has 6 heteroatoms. The molecule has 0 fully saturated rings. The Bertz CT molecular complexity index is 1600. The van der Waals surface area contributed by atoms with Crippen LogP contribution >= 0.6 is 0 Å². The van der Waals surface area contributed by atoms with E-state index in [4.69, 9.17) is 14.2 Å². The molecule has 0 aliphatic rings. The third-order valence-electron chi connectivity index (χ3n) is 12.4. The Labute approximate surface area is 455 Å². The van der Waals surface area contributed by atoms with Crippen molar-refractivity contribution in [2.75, 3.05) is 13.2 Å². The molecule has 0 aromatic carbocycles. The van der Waals surface area contributed by atoms with Gasteiger partial charge in [-0.25, -0.2) is 0 Å². The predicted octanol–water partition coefficient (Wildman–Crippen LogP) is 20.6. The molecule has 0 radical (unpaired) electrons. The van der Waals surface area contributed by atoms with Crippen molar-refractivity contribution in [3.63, 3.8) is 0 Å². The molecule has 0 amide bonds. The fourth-order valence-corrected chi connectivity index (χ4v) is 7.90. The Balaban J connectivity index is 4.49. The third kappa shape index (κ3) is 58.4. The van der Waals surface area contributed by atoms with Crippen LogP contribution in [0.25, 0.3) is 0 Å². The summed E-state index contributed by atoms with van der Waals surface area (Å²) in [6, 6.07) is 0. The Morgan fingerprint density at radius 3 is 0.824 bits per heavy atom. The normalized spacial score (nSPS) is 13.1. The number of rotatable bonds is 53. The van der Waals surface area contributed by atoms with Crippen LogP contribution in [-0.4, -0.2) is 37.2 Å². The minimum Gasteiger partial charge on any atom is -0.462 e. The van der Waals surface area contributed by atoms with E-state index in [-0.39, 0.29) is 31.1 Å². The molecule has 0 aromatic heterocycles. The zero-order chi connectivity index (χ0) is 53.6. The minimum atomic E-state index is -0.806. The van der Waals surface area contributed by atoms with E-state index in [2.05, 4.69) is 154 Å². The minimum absolute atomic E-state index is 0.102. The van der Waals surface area contributed by atoms with Crippen LogP contribution in [0.3, 0.4) is 0 Å². The Kier molecular flexibility index (Phi) is 57.4. The van der Waals surface area contributed by atoms with Crippen LogP contribution in [0.15, 0.2) is 134 Å². The van der Waals surface area contributed by atoms with E-state index in [1.165, 1.54) is 57.8 Å². The summed E-state index contributed by atoms with van der Waals surface area (Å²) >= 11 is 0. The summed E-state index contributed by atoms with van der Waals surface area (Å²) in [7, 11) is 0. The molecule has 74 heavy (non-hydrogen) atoms. The average Bonchev–Trinajstić information content (AvgIpc) is 3.40. The molecule has 0 N–H and O–H groups in total. The van der Waals surface area contributed by atoms with Gasteiger partial charge >= 0.3 is 17.9 Å². The van der Waals surface area contributed by atoms with Crippen molar-refractivity contribution in [1.29, 1.82) is 0 Å². The van der Waals surface area contributed by atoms with E-state index < -0.39 is 6.10 Å². The monoisotopic (exact) mass is 1020 g/mol. The topological polar surface area (TPSA) is 78.9 Å². The van der Waals surface area contributed by atoms with Gasteiger partial charge in [0, 0.05) is 19.3 Å². The van der Waals surface area contributed by atoms with Crippen molar-refractivity contribution < 1.29 is 28.6 Å². The van der Waals surface area contributed by atoms with Crippen LogP contribution in [0.4, 0.5) is 0 Å². The molecule has 418 valence electrons. The van der Waals surface area contributed by atoms with E-state index in [9.17, 15) is 14.4 Å². The fourth-order valence-electron chi connectivity index (χ4n) is 7.90. The molecule has 0 bridgehead atoms. The lowest BCUT2D eigenvalue weighted by Gasteiger charge is -2.18. The molecule has 0 aliphatic carbocycles. The van der Waals surface area contributed by atoms with E-state index in [1.54, 1.807) is 0 Å². The highest BCUT2D eigenvalue weighted by Gasteiger charge is 2.19. The summed E-state index contributed by atoms with van der Waals surface area (Å²) in [4.78, 5) is 38.3. The van der Waals surface area contributed by atoms with Gasteiger partial charge in [0.1, 0.15) is 13.2 Å². The smallest absolute Gasteiger partial charge is 0.306 e. The van der Waals surface area contributed by atoms with E-state index >= 15 is 0 Å². The van der Waals surface area contributed by atoms with Gasteiger partial charge in [-0.15, -0.1) is 0 Å². The number of unbranched alkanes of at least 4 members (excludes halogenated alkanes) is 20. The van der Waals surface area contributed by atoms with Gasteiger partial charge in [-0.1, -0.05) is 238 Å². The van der Waals surface area contributed by atoms with E-state index in [0.717, 1.165) is 161 Å². The number of esters is 3. The molecule has 0 saturated heterocycles. The maximum absolute atomic E-state index is 12.9. The molecule has 0 spiro atoms. The average molecular weight is 1020 g/mol. The second-order valence-electron chi connectivity index (χ2n) is 19.5. The third-order valence-corrected chi connectivity index (χ3v) is 12.4. The quantitative estimate of drug-likeness (QED) is 0.0261. The van der Waals surface area contributed by atoms with E-state index in [0.29, 0.717) is 19.3 Å². The first-order valence-electron chi connectivity index (χ1n) is 30.2. The standard InChI is InChI=1S/C68H110O6/c1-4-7-10-13-16-19-22-25-28-31-32-33-34-35-36-38-40-43-46-49-52-55-58-61-67(70)73-64-65(63-72-66(69)60-57-54-51-48-45-42-39-30-27-24-21-18-15-12-9-6-3)74-68(71)62-59-56-53-50-47-44-41-37-29-26-23-20-17-14-11-8-5-2/h7-8,10-11,16-17,19-21,24-26,28-30,32-33,35-36,39-40,43,65H,4-6,9,12-15,18,22-23,27,31,34,37-38,41-42,44-64H2,1-3H3/b10-7-,11-8-,19-16-,20-17-,24-21-,28-25-,29-26-,33-32-,36-35-,39-30-,43-40-. The van der Waals surface area contributed by atoms with Crippen molar-refractivity contribution in [1.82, 2.24) is 0 Å². The molecule has 6 nitrogen and oxygen atoms in total. The molecule has 0 rings (SSSR count). The molecular formula is C68H110O6. The van der Waals surface area contributed by atoms with Crippen molar-refractivity contribution in [3.8, 4) is 0 Å². The van der Waals surface area contributed by atoms with Crippen LogP contribution in [0.2, 0.25) is 0 Å². The number of hydrogen-bond donors (Lipinski definition) is 0. The van der Waals surface area contributed by atoms with Gasteiger partial charge in [0.25, 0.3) is 0 Å².